The number of sulfonamides is 1. The molecule has 0 spiro atoms. The van der Waals surface area contributed by atoms with E-state index < -0.39 is 107 Å². The number of halogens is 8. The molecule has 1 fully saturated rings. The number of pyridine rings is 1. The summed E-state index contributed by atoms with van der Waals surface area (Å²) in [6.07, 6.45) is -13.5. The zero-order valence-electron chi connectivity index (χ0n) is 24.4. The van der Waals surface area contributed by atoms with E-state index in [9.17, 15) is 48.3 Å². The fourth-order valence-corrected chi connectivity index (χ4v) is 7.10. The summed E-state index contributed by atoms with van der Waals surface area (Å²) in [7, 11) is -2.62. The first-order chi connectivity index (χ1) is 20.7. The average molecular weight is 674 g/mol. The van der Waals surface area contributed by atoms with Gasteiger partial charge in [-0.2, -0.15) is 30.6 Å². The zero-order chi connectivity index (χ0) is 33.5. The SMILES string of the molecule is COC(=O)c1nc(C)ccc1COc1cc2c(cc1C(F)(F)F)N(C1CCC(F)(F)CC1)CC(CCC(F)(F)F)N(C)S2(=O)=O. The molecule has 1 aliphatic heterocycles. The molecular weight excluding hydrogens is 642 g/mol. The number of carbonyl (C=O) groups is 1. The molecule has 1 atom stereocenters. The molecule has 45 heavy (non-hydrogen) atoms. The largest absolute Gasteiger partial charge is 0.488 e. The number of aromatic nitrogens is 1. The molecule has 0 amide bonds. The standard InChI is InChI=1S/C28H31F8N3O5S/c1-16-4-5-17(24(37-16)25(40)43-3)15-44-22-13-23-21(12-20(22)28(34,35)36)39(18-6-9-26(29,30)10-7-18)14-19(8-11-27(31,32)33)38(2)45(23,41)42/h4-5,12-13,18-19H,6-11,14-15H2,1-3H3. The summed E-state index contributed by atoms with van der Waals surface area (Å²) in [4.78, 5) is 16.8. The predicted molar refractivity (Wildman–Crippen MR) is 145 cm³/mol. The Morgan fingerprint density at radius 1 is 1.09 bits per heavy atom. The highest BCUT2D eigenvalue weighted by Gasteiger charge is 2.45. The smallest absolute Gasteiger partial charge is 0.420 e. The summed E-state index contributed by atoms with van der Waals surface area (Å²) < 4.78 is 149. The monoisotopic (exact) mass is 673 g/mol. The summed E-state index contributed by atoms with van der Waals surface area (Å²) in [5, 5.41) is 0. The van der Waals surface area contributed by atoms with Crippen LogP contribution in [0.3, 0.4) is 0 Å². The molecule has 4 rings (SSSR count). The maximum atomic E-state index is 14.5. The Morgan fingerprint density at radius 3 is 2.31 bits per heavy atom. The minimum atomic E-state index is -5.11. The van der Waals surface area contributed by atoms with E-state index in [0.717, 1.165) is 14.2 Å². The quantitative estimate of drug-likeness (QED) is 0.245. The van der Waals surface area contributed by atoms with Gasteiger partial charge < -0.3 is 14.4 Å². The fraction of sp³-hybridized carbons (Fsp3) is 0.571. The number of hydrogen-bond acceptors (Lipinski definition) is 7. The van der Waals surface area contributed by atoms with Gasteiger partial charge in [-0.1, -0.05) is 6.07 Å². The summed E-state index contributed by atoms with van der Waals surface area (Å²) >= 11 is 0. The number of hydrogen-bond donors (Lipinski definition) is 0. The molecule has 0 N–H and O–H groups in total. The van der Waals surface area contributed by atoms with Gasteiger partial charge in [-0.05, 0) is 38.3 Å². The van der Waals surface area contributed by atoms with E-state index >= 15 is 0 Å². The number of anilines is 1. The Morgan fingerprint density at radius 2 is 1.73 bits per heavy atom. The second kappa shape index (κ2) is 12.5. The number of esters is 1. The first-order valence-electron chi connectivity index (χ1n) is 13.9. The van der Waals surface area contributed by atoms with Crippen LogP contribution in [0.5, 0.6) is 5.75 Å². The van der Waals surface area contributed by atoms with Crippen molar-refractivity contribution in [3.63, 3.8) is 0 Å². The van der Waals surface area contributed by atoms with E-state index in [2.05, 4.69) is 9.72 Å². The molecule has 1 aromatic heterocycles. The van der Waals surface area contributed by atoms with Crippen molar-refractivity contribution in [2.45, 2.75) is 87.3 Å². The van der Waals surface area contributed by atoms with Crippen molar-refractivity contribution in [1.29, 1.82) is 0 Å². The van der Waals surface area contributed by atoms with Gasteiger partial charge in [0.2, 0.25) is 15.9 Å². The molecule has 2 aliphatic rings. The number of rotatable bonds is 7. The number of ether oxygens (including phenoxy) is 2. The van der Waals surface area contributed by atoms with E-state index in [1.165, 1.54) is 17.0 Å². The summed E-state index contributed by atoms with van der Waals surface area (Å²) in [5.74, 6) is -4.86. The van der Waals surface area contributed by atoms with Crippen LogP contribution in [0.2, 0.25) is 0 Å². The normalized spacial score (nSPS) is 20.8. The molecule has 1 aromatic carbocycles. The molecule has 2 heterocycles. The molecule has 0 saturated heterocycles. The molecule has 1 saturated carbocycles. The number of benzene rings is 1. The van der Waals surface area contributed by atoms with Gasteiger partial charge in [0, 0.05) is 62.3 Å². The van der Waals surface area contributed by atoms with Crippen LogP contribution in [-0.2, 0) is 27.5 Å². The average Bonchev–Trinajstić information content (AvgIpc) is 3.02. The predicted octanol–water partition coefficient (Wildman–Crippen LogP) is 6.50. The van der Waals surface area contributed by atoms with Gasteiger partial charge >= 0.3 is 18.3 Å². The van der Waals surface area contributed by atoms with Crippen molar-refractivity contribution in [3.05, 3.63) is 46.8 Å². The first kappa shape index (κ1) is 34.7. The first-order valence-corrected chi connectivity index (χ1v) is 15.3. The van der Waals surface area contributed by atoms with E-state index in [4.69, 9.17) is 4.74 Å². The van der Waals surface area contributed by atoms with Gasteiger partial charge in [-0.3, -0.25) is 0 Å². The van der Waals surface area contributed by atoms with Gasteiger partial charge in [-0.15, -0.1) is 0 Å². The Labute approximate surface area is 254 Å². The van der Waals surface area contributed by atoms with E-state index in [1.54, 1.807) is 6.92 Å². The number of methoxy groups -OCH3 is 1. The van der Waals surface area contributed by atoms with Crippen LogP contribution >= 0.6 is 0 Å². The molecule has 8 nitrogen and oxygen atoms in total. The number of fused-ring (bicyclic) bond motifs is 1. The molecule has 1 aliphatic carbocycles. The molecule has 0 radical (unpaired) electrons. The van der Waals surface area contributed by atoms with Crippen molar-refractivity contribution in [1.82, 2.24) is 9.29 Å². The van der Waals surface area contributed by atoms with Crippen molar-refractivity contribution in [2.75, 3.05) is 25.6 Å². The molecule has 250 valence electrons. The Hall–Kier alpha value is -3.21. The van der Waals surface area contributed by atoms with Crippen LogP contribution in [0, 0.1) is 6.92 Å². The third-order valence-electron chi connectivity index (χ3n) is 8.02. The molecule has 1 unspecified atom stereocenters. The van der Waals surface area contributed by atoms with E-state index in [0.29, 0.717) is 22.1 Å². The third kappa shape index (κ3) is 7.79. The van der Waals surface area contributed by atoms with Crippen molar-refractivity contribution in [3.8, 4) is 5.75 Å². The fourth-order valence-electron chi connectivity index (χ4n) is 5.53. The lowest BCUT2D eigenvalue weighted by molar-refractivity contribution is -0.139. The lowest BCUT2D eigenvalue weighted by atomic mass is 9.90. The number of aryl methyl sites for hydroxylation is 1. The number of alkyl halides is 8. The number of nitrogens with zero attached hydrogens (tertiary/aromatic N) is 3. The Balaban J connectivity index is 1.84. The van der Waals surface area contributed by atoms with Crippen LogP contribution < -0.4 is 9.64 Å². The van der Waals surface area contributed by atoms with Crippen LogP contribution in [0.25, 0.3) is 0 Å². The highest BCUT2D eigenvalue weighted by Crippen LogP contribution is 2.46. The van der Waals surface area contributed by atoms with Gasteiger partial charge in [0.1, 0.15) is 17.3 Å². The van der Waals surface area contributed by atoms with Gasteiger partial charge in [0.05, 0.1) is 18.4 Å². The highest BCUT2D eigenvalue weighted by atomic mass is 32.2. The van der Waals surface area contributed by atoms with Crippen LogP contribution in [0.1, 0.15) is 65.8 Å². The Bertz CT molecular complexity index is 1520. The van der Waals surface area contributed by atoms with Gasteiger partial charge in [0.15, 0.2) is 5.69 Å². The maximum Gasteiger partial charge on any atom is 0.420 e. The van der Waals surface area contributed by atoms with Crippen molar-refractivity contribution >= 4 is 21.7 Å². The zero-order valence-corrected chi connectivity index (χ0v) is 25.3. The molecule has 2 aromatic rings. The van der Waals surface area contributed by atoms with Crippen LogP contribution in [0.15, 0.2) is 29.2 Å². The third-order valence-corrected chi connectivity index (χ3v) is 9.96. The van der Waals surface area contributed by atoms with Crippen molar-refractivity contribution in [2.24, 2.45) is 0 Å². The minimum absolute atomic E-state index is 0.0347. The summed E-state index contributed by atoms with van der Waals surface area (Å²) in [6.45, 7) is 0.447. The number of likely N-dealkylation sites (N-methyl/N-ethyl adjacent to an activating group) is 1. The van der Waals surface area contributed by atoms with E-state index in [1.807, 2.05) is 0 Å². The second-order valence-electron chi connectivity index (χ2n) is 11.1. The highest BCUT2D eigenvalue weighted by molar-refractivity contribution is 7.89. The maximum absolute atomic E-state index is 14.5. The summed E-state index contributed by atoms with van der Waals surface area (Å²) in [5.41, 5.74) is -1.68. The van der Waals surface area contributed by atoms with Crippen molar-refractivity contribution < 1.29 is 57.8 Å². The lowest BCUT2D eigenvalue weighted by Gasteiger charge is -2.40. The Kier molecular flexibility index (Phi) is 9.65. The van der Waals surface area contributed by atoms with Crippen LogP contribution in [0.4, 0.5) is 40.8 Å². The van der Waals surface area contributed by atoms with E-state index in [-0.39, 0.29) is 24.1 Å². The molecule has 0 bridgehead atoms. The number of carbonyl (C=O) groups excluding carboxylic acids is 1. The lowest BCUT2D eigenvalue weighted by Crippen LogP contribution is -2.47. The minimum Gasteiger partial charge on any atom is -0.488 e. The van der Waals surface area contributed by atoms with Gasteiger partial charge in [0.25, 0.3) is 0 Å². The molecule has 17 heteroatoms. The van der Waals surface area contributed by atoms with Crippen LogP contribution in [-0.4, -0.2) is 68.6 Å². The topological polar surface area (TPSA) is 89.0 Å². The second-order valence-corrected chi connectivity index (χ2v) is 13.1. The summed E-state index contributed by atoms with van der Waals surface area (Å²) in [6, 6.07) is 1.81. The van der Waals surface area contributed by atoms with Gasteiger partial charge in [-0.25, -0.2) is 27.0 Å². The molecular formula is C28H31F8N3O5S.